The molecule has 0 fully saturated rings. The van der Waals surface area contributed by atoms with Crippen LogP contribution in [0.1, 0.15) is 21.0 Å². The minimum atomic E-state index is -0.885. The molecule has 0 amide bonds. The van der Waals surface area contributed by atoms with Crippen molar-refractivity contribution in [2.75, 3.05) is 12.3 Å². The molecule has 5 rings (SSSR count). The van der Waals surface area contributed by atoms with E-state index in [1.54, 1.807) is 18.2 Å². The van der Waals surface area contributed by atoms with E-state index in [-0.39, 0.29) is 11.6 Å². The van der Waals surface area contributed by atoms with Crippen LogP contribution in [-0.4, -0.2) is 28.9 Å². The van der Waals surface area contributed by atoms with E-state index < -0.39 is 15.8 Å². The monoisotopic (exact) mass is 531 g/mol. The van der Waals surface area contributed by atoms with Gasteiger partial charge in [-0.25, -0.2) is 4.98 Å². The summed E-state index contributed by atoms with van der Waals surface area (Å²) >= 11 is 0. The van der Waals surface area contributed by atoms with E-state index in [9.17, 15) is 9.59 Å². The predicted octanol–water partition coefficient (Wildman–Crippen LogP) is 5.71. The quantitative estimate of drug-likeness (QED) is 0.171. The van der Waals surface area contributed by atoms with Crippen LogP contribution < -0.4 is 21.2 Å². The summed E-state index contributed by atoms with van der Waals surface area (Å²) in [5.41, 5.74) is 0.693. The zero-order valence-corrected chi connectivity index (χ0v) is 22.6. The largest absolute Gasteiger partial charge is 0.292 e. The highest BCUT2D eigenvalue weighted by Gasteiger charge is 2.22. The van der Waals surface area contributed by atoms with Gasteiger partial charge in [0.05, 0.1) is 0 Å². The number of aromatic nitrogens is 1. The molecular formula is C33H27NO2P2. The number of rotatable bonds is 10. The summed E-state index contributed by atoms with van der Waals surface area (Å²) in [4.78, 5) is 31.6. The first-order chi connectivity index (χ1) is 18.7. The summed E-state index contributed by atoms with van der Waals surface area (Å²) < 4.78 is 0. The highest BCUT2D eigenvalue weighted by atomic mass is 31.1. The van der Waals surface area contributed by atoms with E-state index in [4.69, 9.17) is 0 Å². The average Bonchev–Trinajstić information content (AvgIpc) is 3.00. The molecule has 0 unspecified atom stereocenters. The Morgan fingerprint density at radius 3 is 1.00 bits per heavy atom. The van der Waals surface area contributed by atoms with E-state index in [1.165, 1.54) is 0 Å². The van der Waals surface area contributed by atoms with Gasteiger partial charge in [-0.2, -0.15) is 0 Å². The molecule has 0 atom stereocenters. The maximum absolute atomic E-state index is 13.5. The molecule has 0 bridgehead atoms. The highest BCUT2D eigenvalue weighted by molar-refractivity contribution is 7.74. The molecule has 3 nitrogen and oxygen atoms in total. The van der Waals surface area contributed by atoms with Gasteiger partial charge < -0.3 is 0 Å². The Bertz CT molecular complexity index is 1300. The molecule has 0 N–H and O–H groups in total. The van der Waals surface area contributed by atoms with Crippen molar-refractivity contribution < 1.29 is 9.59 Å². The minimum absolute atomic E-state index is 0.0492. The van der Waals surface area contributed by atoms with E-state index in [1.807, 2.05) is 72.8 Å². The predicted molar refractivity (Wildman–Crippen MR) is 161 cm³/mol. The molecule has 0 aliphatic carbocycles. The number of benzene rings is 4. The van der Waals surface area contributed by atoms with Crippen LogP contribution >= 0.6 is 15.8 Å². The normalized spacial score (nSPS) is 11.0. The Balaban J connectivity index is 1.38. The van der Waals surface area contributed by atoms with Crippen molar-refractivity contribution in [3.05, 3.63) is 151 Å². The zero-order chi connectivity index (χ0) is 26.2. The lowest BCUT2D eigenvalue weighted by molar-refractivity contribution is 0.101. The number of Topliss-reactive ketones (excluding diaryl/α,β-unsaturated/α-hetero) is 2. The summed E-state index contributed by atoms with van der Waals surface area (Å²) in [5.74, 6) is -0.0984. The fourth-order valence-corrected chi connectivity index (χ4v) is 8.64. The molecule has 186 valence electrons. The molecule has 0 radical (unpaired) electrons. The van der Waals surface area contributed by atoms with Crippen LogP contribution in [-0.2, 0) is 0 Å². The molecule has 5 aromatic rings. The van der Waals surface area contributed by atoms with Crippen LogP contribution in [0.4, 0.5) is 0 Å². The molecule has 38 heavy (non-hydrogen) atoms. The molecule has 0 saturated heterocycles. The molecule has 4 aromatic carbocycles. The smallest absolute Gasteiger partial charge is 0.186 e. The Labute approximate surface area is 226 Å². The van der Waals surface area contributed by atoms with Gasteiger partial charge in [-0.3, -0.25) is 9.59 Å². The number of hydrogen-bond donors (Lipinski definition) is 0. The molecule has 0 aliphatic rings. The van der Waals surface area contributed by atoms with Gasteiger partial charge in [0.1, 0.15) is 11.4 Å². The van der Waals surface area contributed by atoms with Crippen molar-refractivity contribution in [1.82, 2.24) is 4.98 Å². The fourth-order valence-electron chi connectivity index (χ4n) is 4.29. The van der Waals surface area contributed by atoms with Gasteiger partial charge >= 0.3 is 0 Å². The lowest BCUT2D eigenvalue weighted by atomic mass is 10.2. The third-order valence-corrected chi connectivity index (χ3v) is 11.1. The van der Waals surface area contributed by atoms with Gasteiger partial charge in [-0.1, -0.05) is 127 Å². The first-order valence-corrected chi connectivity index (χ1v) is 15.5. The van der Waals surface area contributed by atoms with E-state index in [0.717, 1.165) is 21.2 Å². The third-order valence-electron chi connectivity index (χ3n) is 6.20. The summed E-state index contributed by atoms with van der Waals surface area (Å²) in [6.07, 6.45) is 0.684. The lowest BCUT2D eigenvalue weighted by Gasteiger charge is -2.19. The third kappa shape index (κ3) is 6.37. The van der Waals surface area contributed by atoms with Gasteiger partial charge in [-0.05, 0) is 49.2 Å². The number of carbonyl (C=O) groups excluding carboxylic acids is 2. The minimum Gasteiger partial charge on any atom is -0.292 e. The summed E-state index contributed by atoms with van der Waals surface area (Å²) in [7, 11) is -1.77. The molecule has 5 heteroatoms. The van der Waals surface area contributed by atoms with Crippen molar-refractivity contribution in [3.8, 4) is 0 Å². The van der Waals surface area contributed by atoms with Crippen molar-refractivity contribution >= 4 is 48.6 Å². The second-order valence-corrected chi connectivity index (χ2v) is 13.2. The SMILES string of the molecule is O=C(CP(c1ccccc1)c1ccccc1)c1cccc(C(=O)CP(c2ccccc2)c2ccccc2)n1. The van der Waals surface area contributed by atoms with Crippen LogP contribution in [0.15, 0.2) is 140 Å². The first kappa shape index (κ1) is 25.9. The van der Waals surface area contributed by atoms with Crippen molar-refractivity contribution in [2.45, 2.75) is 0 Å². The number of ketones is 2. The number of carbonyl (C=O) groups is 2. The van der Waals surface area contributed by atoms with Gasteiger partial charge in [0.25, 0.3) is 0 Å². The zero-order valence-electron chi connectivity index (χ0n) is 20.9. The van der Waals surface area contributed by atoms with Crippen molar-refractivity contribution in [1.29, 1.82) is 0 Å². The second kappa shape index (κ2) is 12.7. The van der Waals surface area contributed by atoms with Crippen molar-refractivity contribution in [3.63, 3.8) is 0 Å². The topological polar surface area (TPSA) is 47.0 Å². The lowest BCUT2D eigenvalue weighted by Crippen LogP contribution is -2.21. The Morgan fingerprint density at radius 2 is 0.711 bits per heavy atom. The van der Waals surface area contributed by atoms with Crippen LogP contribution in [0.25, 0.3) is 0 Å². The number of hydrogen-bond acceptors (Lipinski definition) is 3. The number of pyridine rings is 1. The Hall–Kier alpha value is -3.77. The summed E-state index contributed by atoms with van der Waals surface area (Å²) in [5, 5.41) is 4.58. The summed E-state index contributed by atoms with van der Waals surface area (Å²) in [6.45, 7) is 0. The van der Waals surface area contributed by atoms with Crippen molar-refractivity contribution in [2.24, 2.45) is 0 Å². The molecule has 0 saturated carbocycles. The molecular weight excluding hydrogens is 504 g/mol. The fraction of sp³-hybridized carbons (Fsp3) is 0.0606. The van der Waals surface area contributed by atoms with Crippen LogP contribution in [0, 0.1) is 0 Å². The van der Waals surface area contributed by atoms with Crippen LogP contribution in [0.5, 0.6) is 0 Å². The van der Waals surface area contributed by atoms with Gasteiger partial charge in [0, 0.05) is 12.3 Å². The van der Waals surface area contributed by atoms with E-state index in [0.29, 0.717) is 23.7 Å². The highest BCUT2D eigenvalue weighted by Crippen LogP contribution is 2.35. The van der Waals surface area contributed by atoms with Crippen LogP contribution in [0.2, 0.25) is 0 Å². The Kier molecular flexibility index (Phi) is 8.61. The molecule has 0 spiro atoms. The van der Waals surface area contributed by atoms with Gasteiger partial charge in [-0.15, -0.1) is 0 Å². The molecule has 0 aliphatic heterocycles. The van der Waals surface area contributed by atoms with Gasteiger partial charge in [0.15, 0.2) is 11.6 Å². The molecule has 1 heterocycles. The first-order valence-electron chi connectivity index (χ1n) is 12.5. The maximum atomic E-state index is 13.5. The summed E-state index contributed by atoms with van der Waals surface area (Å²) in [6, 6.07) is 45.8. The van der Waals surface area contributed by atoms with E-state index >= 15 is 0 Å². The van der Waals surface area contributed by atoms with E-state index in [2.05, 4.69) is 53.5 Å². The molecule has 1 aromatic heterocycles. The van der Waals surface area contributed by atoms with Crippen LogP contribution in [0.3, 0.4) is 0 Å². The maximum Gasteiger partial charge on any atom is 0.186 e. The second-order valence-electron chi connectivity index (χ2n) is 8.77. The number of nitrogens with zero attached hydrogens (tertiary/aromatic N) is 1. The van der Waals surface area contributed by atoms with Gasteiger partial charge in [0.2, 0.25) is 0 Å². The average molecular weight is 532 g/mol. The standard InChI is InChI=1S/C33H27NO2P2/c35-32(24-37(26-14-5-1-6-15-26)27-16-7-2-8-17-27)30-22-13-23-31(34-30)33(36)25-38(28-18-9-3-10-19-28)29-20-11-4-12-21-29/h1-23H,24-25H2. The Morgan fingerprint density at radius 1 is 0.421 bits per heavy atom.